The Kier molecular flexibility index (Phi) is 35.0. The molecule has 0 saturated heterocycles. The summed E-state index contributed by atoms with van der Waals surface area (Å²) < 4.78 is 11.8. The van der Waals surface area contributed by atoms with Gasteiger partial charge in [0.05, 0.1) is 13.0 Å². The van der Waals surface area contributed by atoms with Gasteiger partial charge in [-0.25, -0.2) is 0 Å². The molecule has 0 rings (SSSR count). The van der Waals surface area contributed by atoms with Crippen molar-refractivity contribution in [2.45, 2.75) is 276 Å². The van der Waals surface area contributed by atoms with E-state index in [-0.39, 0.29) is 16.9 Å². The third kappa shape index (κ3) is 29.7. The second-order valence-electron chi connectivity index (χ2n) is 18.2. The number of hydrogen-bond acceptors (Lipinski definition) is 3. The van der Waals surface area contributed by atoms with Crippen LogP contribution in [0.4, 0.5) is 0 Å². The van der Waals surface area contributed by atoms with Crippen LogP contribution >= 0.6 is 15.9 Å². The van der Waals surface area contributed by atoms with E-state index in [1.165, 1.54) is 200 Å². The van der Waals surface area contributed by atoms with Gasteiger partial charge in [0.25, 0.3) is 0 Å². The minimum Gasteiger partial charge on any atom is -0.469 e. The second-order valence-corrected chi connectivity index (χ2v) is 24.3. The van der Waals surface area contributed by atoms with Gasteiger partial charge in [-0.3, -0.25) is 4.79 Å². The topological polar surface area (TPSA) is 35.5 Å². The highest BCUT2D eigenvalue weighted by molar-refractivity contribution is 9.10. The molecule has 0 aliphatic heterocycles. The van der Waals surface area contributed by atoms with E-state index >= 15 is 0 Å². The van der Waals surface area contributed by atoms with E-state index in [4.69, 9.17) is 9.16 Å². The summed E-state index contributed by atoms with van der Waals surface area (Å²) in [5.41, 5.74) is 0. The van der Waals surface area contributed by atoms with Gasteiger partial charge in [0.1, 0.15) is 4.51 Å². The SMILES string of the molecule is CCCCCCCCCCCC=CC[C@](Br)(O[Si](C)(C)C(C)(C)C)[C@H](CCCCCCCCCCCCCCCCCCCCCCCC)C(=O)OC. The first-order valence-electron chi connectivity index (χ1n) is 23.6. The monoisotopic (exact) mass is 827 g/mol. The summed E-state index contributed by atoms with van der Waals surface area (Å²) in [5.74, 6) is -0.458. The third-order valence-corrected chi connectivity index (χ3v) is 17.9. The number of hydrogen-bond donors (Lipinski definition) is 0. The van der Waals surface area contributed by atoms with Crippen LogP contribution in [-0.4, -0.2) is 25.9 Å². The van der Waals surface area contributed by atoms with Gasteiger partial charge in [-0.05, 0) is 37.4 Å². The third-order valence-electron chi connectivity index (χ3n) is 12.1. The first-order chi connectivity index (χ1) is 25.4. The van der Waals surface area contributed by atoms with Crippen molar-refractivity contribution >= 4 is 30.2 Å². The van der Waals surface area contributed by atoms with Crippen LogP contribution in [0.25, 0.3) is 0 Å². The van der Waals surface area contributed by atoms with Gasteiger partial charge in [0.15, 0.2) is 8.32 Å². The van der Waals surface area contributed by atoms with Crippen molar-refractivity contribution in [1.82, 2.24) is 0 Å². The number of carbonyl (C=O) groups is 1. The number of unbranched alkanes of at least 4 members (excludes halogenated alkanes) is 30. The molecule has 0 unspecified atom stereocenters. The smallest absolute Gasteiger partial charge is 0.312 e. The zero-order chi connectivity index (χ0) is 39.5. The van der Waals surface area contributed by atoms with E-state index in [0.717, 1.165) is 19.3 Å². The maximum absolute atomic E-state index is 13.3. The Morgan fingerprint density at radius 3 is 1.19 bits per heavy atom. The molecule has 0 saturated carbocycles. The van der Waals surface area contributed by atoms with Gasteiger partial charge in [-0.15, -0.1) is 0 Å². The molecule has 53 heavy (non-hydrogen) atoms. The van der Waals surface area contributed by atoms with Gasteiger partial charge < -0.3 is 9.16 Å². The molecule has 0 aliphatic carbocycles. The molecule has 316 valence electrons. The zero-order valence-electron chi connectivity index (χ0n) is 37.4. The Balaban J connectivity index is 4.42. The first kappa shape index (κ1) is 52.9. The van der Waals surface area contributed by atoms with Crippen molar-refractivity contribution < 1.29 is 14.0 Å². The lowest BCUT2D eigenvalue weighted by molar-refractivity contribution is -0.150. The molecule has 0 amide bonds. The maximum atomic E-state index is 13.3. The first-order valence-corrected chi connectivity index (χ1v) is 27.3. The van der Waals surface area contributed by atoms with Gasteiger partial charge in [-0.1, -0.05) is 255 Å². The molecule has 3 nitrogen and oxygen atoms in total. The van der Waals surface area contributed by atoms with E-state index in [0.29, 0.717) is 6.42 Å². The largest absolute Gasteiger partial charge is 0.469 e. The van der Waals surface area contributed by atoms with Crippen LogP contribution in [0.2, 0.25) is 18.1 Å². The summed E-state index contributed by atoms with van der Waals surface area (Å²) in [4.78, 5) is 13.3. The van der Waals surface area contributed by atoms with E-state index in [1.807, 2.05) is 0 Å². The molecular weight excluding hydrogens is 733 g/mol. The highest BCUT2D eigenvalue weighted by Gasteiger charge is 2.49. The Labute approximate surface area is 343 Å². The summed E-state index contributed by atoms with van der Waals surface area (Å²) in [6, 6.07) is 0. The fourth-order valence-electron chi connectivity index (χ4n) is 7.38. The second kappa shape index (κ2) is 35.1. The number of allylic oxidation sites excluding steroid dienone is 1. The van der Waals surface area contributed by atoms with Crippen LogP contribution in [0.15, 0.2) is 12.2 Å². The number of carbonyl (C=O) groups excluding carboxylic acids is 1. The fourth-order valence-corrected chi connectivity index (χ4v) is 10.6. The minimum absolute atomic E-state index is 0.0549. The summed E-state index contributed by atoms with van der Waals surface area (Å²) in [7, 11) is -0.616. The van der Waals surface area contributed by atoms with Gasteiger partial charge in [0.2, 0.25) is 0 Å². The molecule has 2 atom stereocenters. The van der Waals surface area contributed by atoms with Crippen LogP contribution in [-0.2, 0) is 14.0 Å². The number of ether oxygens (including phenoxy) is 1. The normalized spacial score (nSPS) is 14.2. The van der Waals surface area contributed by atoms with Crippen molar-refractivity contribution in [3.05, 3.63) is 12.2 Å². The van der Waals surface area contributed by atoms with Crippen LogP contribution in [0.5, 0.6) is 0 Å². The van der Waals surface area contributed by atoms with Crippen molar-refractivity contribution in [2.75, 3.05) is 7.11 Å². The molecule has 0 radical (unpaired) electrons. The number of methoxy groups -OCH3 is 1. The fraction of sp³-hybridized carbons (Fsp3) is 0.938. The van der Waals surface area contributed by atoms with Gasteiger partial charge in [0, 0.05) is 6.42 Å². The number of alkyl halides is 1. The number of rotatable bonds is 39. The highest BCUT2D eigenvalue weighted by Crippen LogP contribution is 2.46. The van der Waals surface area contributed by atoms with Crippen molar-refractivity contribution in [2.24, 2.45) is 5.92 Å². The molecule has 0 bridgehead atoms. The molecule has 5 heteroatoms. The molecule has 0 N–H and O–H groups in total. The van der Waals surface area contributed by atoms with Crippen molar-refractivity contribution in [1.29, 1.82) is 0 Å². The Morgan fingerprint density at radius 2 is 0.868 bits per heavy atom. The Hall–Kier alpha value is -0.133. The van der Waals surface area contributed by atoms with Crippen LogP contribution < -0.4 is 0 Å². The molecule has 0 spiro atoms. The molecule has 0 aromatic heterocycles. The van der Waals surface area contributed by atoms with Crippen LogP contribution in [0.3, 0.4) is 0 Å². The van der Waals surface area contributed by atoms with Crippen LogP contribution in [0.1, 0.15) is 253 Å². The van der Waals surface area contributed by atoms with E-state index in [1.54, 1.807) is 0 Å². The minimum atomic E-state index is -2.15. The van der Waals surface area contributed by atoms with E-state index in [2.05, 4.69) is 75.8 Å². The zero-order valence-corrected chi connectivity index (χ0v) is 40.0. The molecule has 0 heterocycles. The average Bonchev–Trinajstić information content (AvgIpc) is 3.11. The Morgan fingerprint density at radius 1 is 0.547 bits per heavy atom. The standard InChI is InChI=1S/C48H95BrO3Si/c1-9-11-13-15-17-19-21-23-24-25-26-27-28-29-30-31-32-33-35-37-39-41-43-45(46(50)51-6)48(49,52-53(7,8)47(3,4)5)44-42-40-38-36-34-22-20-18-16-14-12-10-2/h40,42,45H,9-39,41,43-44H2,1-8H3/t45-,48+/m1/s1. The lowest BCUT2D eigenvalue weighted by Gasteiger charge is -2.45. The molecule has 0 aromatic rings. The predicted octanol–water partition coefficient (Wildman–Crippen LogP) is 17.7. The van der Waals surface area contributed by atoms with E-state index < -0.39 is 12.8 Å². The molecule has 0 aliphatic rings. The Bertz CT molecular complexity index is 837. The number of halogens is 1. The molecular formula is C48H95BrO3Si. The highest BCUT2D eigenvalue weighted by atomic mass is 79.9. The lowest BCUT2D eigenvalue weighted by Crippen LogP contribution is -2.51. The number of esters is 1. The summed E-state index contributed by atoms with van der Waals surface area (Å²) in [6.07, 6.45) is 49.8. The van der Waals surface area contributed by atoms with Crippen molar-refractivity contribution in [3.8, 4) is 0 Å². The predicted molar refractivity (Wildman–Crippen MR) is 243 cm³/mol. The summed E-state index contributed by atoms with van der Waals surface area (Å²) in [5, 5.41) is 0.0549. The van der Waals surface area contributed by atoms with E-state index in [9.17, 15) is 4.79 Å². The maximum Gasteiger partial charge on any atom is 0.312 e. The molecule has 0 aromatic carbocycles. The van der Waals surface area contributed by atoms with Crippen molar-refractivity contribution in [3.63, 3.8) is 0 Å². The lowest BCUT2D eigenvalue weighted by atomic mass is 9.92. The summed E-state index contributed by atoms with van der Waals surface area (Å²) >= 11 is 4.07. The average molecular weight is 828 g/mol. The molecule has 0 fully saturated rings. The quantitative estimate of drug-likeness (QED) is 0.0204. The van der Waals surface area contributed by atoms with Crippen LogP contribution in [0, 0.1) is 5.92 Å². The van der Waals surface area contributed by atoms with Gasteiger partial charge >= 0.3 is 5.97 Å². The van der Waals surface area contributed by atoms with Gasteiger partial charge in [-0.2, -0.15) is 0 Å². The summed E-state index contributed by atoms with van der Waals surface area (Å²) in [6.45, 7) is 16.0.